The zero-order valence-electron chi connectivity index (χ0n) is 9.24. The van der Waals surface area contributed by atoms with Crippen LogP contribution >= 0.6 is 22.6 Å². The smallest absolute Gasteiger partial charge is 0.252 e. The second kappa shape index (κ2) is 6.87. The summed E-state index contributed by atoms with van der Waals surface area (Å²) in [6.45, 7) is 0.0113. The molecular weight excluding hydrogens is 340 g/mol. The number of rotatable bonds is 5. The Bertz CT molecular complexity index is 400. The van der Waals surface area contributed by atoms with Crippen LogP contribution in [0.4, 0.5) is 4.39 Å². The van der Waals surface area contributed by atoms with E-state index in [9.17, 15) is 9.18 Å². The first-order valence-corrected chi connectivity index (χ1v) is 6.02. The van der Waals surface area contributed by atoms with Crippen molar-refractivity contribution < 1.29 is 19.0 Å². The summed E-state index contributed by atoms with van der Waals surface area (Å²) in [5.74, 6) is -0.743. The molecule has 1 atom stereocenters. The van der Waals surface area contributed by atoms with E-state index in [0.717, 1.165) is 0 Å². The highest BCUT2D eigenvalue weighted by atomic mass is 127. The van der Waals surface area contributed by atoms with Crippen molar-refractivity contribution in [3.63, 3.8) is 0 Å². The number of hydrogen-bond donors (Lipinski definition) is 2. The summed E-state index contributed by atoms with van der Waals surface area (Å²) < 4.78 is 18.2. The van der Waals surface area contributed by atoms with Crippen molar-refractivity contribution in [1.82, 2.24) is 5.32 Å². The lowest BCUT2D eigenvalue weighted by Gasteiger charge is -2.15. The summed E-state index contributed by atoms with van der Waals surface area (Å²) in [5, 5.41) is 11.6. The maximum Gasteiger partial charge on any atom is 0.252 e. The third-order valence-corrected chi connectivity index (χ3v) is 2.99. The molecule has 1 aromatic rings. The molecule has 1 amide bonds. The van der Waals surface area contributed by atoms with Crippen LogP contribution in [0.3, 0.4) is 0 Å². The van der Waals surface area contributed by atoms with E-state index < -0.39 is 6.04 Å². The fourth-order valence-corrected chi connectivity index (χ4v) is 2.00. The van der Waals surface area contributed by atoms with E-state index in [0.29, 0.717) is 9.13 Å². The van der Waals surface area contributed by atoms with E-state index in [1.54, 1.807) is 0 Å². The highest BCUT2D eigenvalue weighted by molar-refractivity contribution is 14.1. The monoisotopic (exact) mass is 353 g/mol. The van der Waals surface area contributed by atoms with Crippen LogP contribution in [-0.4, -0.2) is 37.4 Å². The van der Waals surface area contributed by atoms with Crippen LogP contribution in [-0.2, 0) is 4.74 Å². The van der Waals surface area contributed by atoms with E-state index >= 15 is 0 Å². The van der Waals surface area contributed by atoms with Crippen LogP contribution < -0.4 is 5.32 Å². The molecule has 0 heterocycles. The minimum absolute atomic E-state index is 0.211. The molecule has 94 valence electrons. The lowest BCUT2D eigenvalue weighted by molar-refractivity contribution is 0.0839. The van der Waals surface area contributed by atoms with Crippen molar-refractivity contribution >= 4 is 28.5 Å². The second-order valence-electron chi connectivity index (χ2n) is 3.43. The number of amides is 1. The van der Waals surface area contributed by atoms with Gasteiger partial charge in [0.15, 0.2) is 0 Å². The Hall–Kier alpha value is -0.730. The zero-order chi connectivity index (χ0) is 12.8. The Morgan fingerprint density at radius 1 is 1.65 bits per heavy atom. The van der Waals surface area contributed by atoms with Gasteiger partial charge in [-0.25, -0.2) is 4.39 Å². The third kappa shape index (κ3) is 4.21. The predicted octanol–water partition coefficient (Wildman–Crippen LogP) is 1.17. The van der Waals surface area contributed by atoms with Gasteiger partial charge >= 0.3 is 0 Å². The molecule has 0 saturated carbocycles. The van der Waals surface area contributed by atoms with Crippen molar-refractivity contribution in [2.45, 2.75) is 6.04 Å². The number of methoxy groups -OCH3 is 1. The molecule has 4 nitrogen and oxygen atoms in total. The van der Waals surface area contributed by atoms with Crippen molar-refractivity contribution in [1.29, 1.82) is 0 Å². The number of carbonyl (C=O) groups excluding carboxylic acids is 1. The predicted molar refractivity (Wildman–Crippen MR) is 69.3 cm³/mol. The molecule has 0 bridgehead atoms. The Morgan fingerprint density at radius 3 is 2.88 bits per heavy atom. The molecule has 2 N–H and O–H groups in total. The van der Waals surface area contributed by atoms with Crippen LogP contribution in [0.5, 0.6) is 0 Å². The average molecular weight is 353 g/mol. The zero-order valence-corrected chi connectivity index (χ0v) is 11.4. The van der Waals surface area contributed by atoms with Gasteiger partial charge in [0.05, 0.1) is 24.8 Å². The summed E-state index contributed by atoms with van der Waals surface area (Å²) in [6, 6.07) is 3.45. The highest BCUT2D eigenvalue weighted by Gasteiger charge is 2.15. The van der Waals surface area contributed by atoms with Crippen LogP contribution in [0, 0.1) is 9.39 Å². The summed E-state index contributed by atoms with van der Waals surface area (Å²) in [5.41, 5.74) is 0.376. The molecule has 0 aliphatic heterocycles. The van der Waals surface area contributed by atoms with Crippen molar-refractivity contribution in [3.05, 3.63) is 33.1 Å². The van der Waals surface area contributed by atoms with Gasteiger partial charge in [-0.05, 0) is 40.8 Å². The molecule has 6 heteroatoms. The average Bonchev–Trinajstić information content (AvgIpc) is 2.28. The largest absolute Gasteiger partial charge is 0.394 e. The first kappa shape index (κ1) is 14.3. The minimum atomic E-state index is -0.464. The van der Waals surface area contributed by atoms with Gasteiger partial charge in [0.2, 0.25) is 0 Å². The van der Waals surface area contributed by atoms with Gasteiger partial charge in [-0.3, -0.25) is 4.79 Å². The summed E-state index contributed by atoms with van der Waals surface area (Å²) in [7, 11) is 1.48. The van der Waals surface area contributed by atoms with Crippen LogP contribution in [0.25, 0.3) is 0 Å². The molecule has 1 aromatic carbocycles. The number of aliphatic hydroxyl groups is 1. The van der Waals surface area contributed by atoms with Crippen molar-refractivity contribution in [2.24, 2.45) is 0 Å². The molecule has 0 saturated heterocycles. The molecule has 1 rings (SSSR count). The lowest BCUT2D eigenvalue weighted by Crippen LogP contribution is -2.40. The van der Waals surface area contributed by atoms with Crippen molar-refractivity contribution in [2.75, 3.05) is 20.3 Å². The van der Waals surface area contributed by atoms with Gasteiger partial charge in [0.1, 0.15) is 5.82 Å². The van der Waals surface area contributed by atoms with E-state index in [1.807, 2.05) is 22.6 Å². The summed E-state index contributed by atoms with van der Waals surface area (Å²) >= 11 is 1.89. The fourth-order valence-electron chi connectivity index (χ4n) is 1.28. The van der Waals surface area contributed by atoms with Crippen LogP contribution in [0.15, 0.2) is 18.2 Å². The number of carbonyl (C=O) groups is 1. The quantitative estimate of drug-likeness (QED) is 0.782. The number of nitrogens with one attached hydrogen (secondary N) is 1. The maximum atomic E-state index is 12.9. The molecule has 0 spiro atoms. The number of aliphatic hydroxyl groups excluding tert-OH is 1. The second-order valence-corrected chi connectivity index (χ2v) is 4.59. The molecule has 1 unspecified atom stereocenters. The third-order valence-electron chi connectivity index (χ3n) is 2.10. The van der Waals surface area contributed by atoms with E-state index in [2.05, 4.69) is 5.32 Å². The van der Waals surface area contributed by atoms with Crippen molar-refractivity contribution in [3.8, 4) is 0 Å². The Labute approximate surface area is 112 Å². The summed E-state index contributed by atoms with van der Waals surface area (Å²) in [6.07, 6.45) is 0. The SMILES string of the molecule is COCC(CO)NC(=O)c1ccc(F)cc1I. The van der Waals surface area contributed by atoms with Gasteiger partial charge in [-0.1, -0.05) is 0 Å². The number of hydrogen-bond acceptors (Lipinski definition) is 3. The van der Waals surface area contributed by atoms with E-state index in [4.69, 9.17) is 9.84 Å². The lowest BCUT2D eigenvalue weighted by atomic mass is 10.2. The molecule has 0 radical (unpaired) electrons. The number of halogens is 2. The van der Waals surface area contributed by atoms with Crippen LogP contribution in [0.2, 0.25) is 0 Å². The Kier molecular flexibility index (Phi) is 5.79. The molecule has 0 fully saturated rings. The topological polar surface area (TPSA) is 58.6 Å². The first-order chi connectivity index (χ1) is 8.08. The first-order valence-electron chi connectivity index (χ1n) is 4.94. The molecule has 0 aromatic heterocycles. The standard InChI is InChI=1S/C11H13FINO3/c1-17-6-8(5-15)14-11(16)9-3-2-7(12)4-10(9)13/h2-4,8,15H,5-6H2,1H3,(H,14,16). The van der Waals surface area contributed by atoms with Gasteiger partial charge in [0.25, 0.3) is 5.91 Å². The van der Waals surface area contributed by atoms with E-state index in [-0.39, 0.29) is 24.9 Å². The van der Waals surface area contributed by atoms with Gasteiger partial charge in [0, 0.05) is 10.7 Å². The van der Waals surface area contributed by atoms with E-state index in [1.165, 1.54) is 25.3 Å². The number of benzene rings is 1. The van der Waals surface area contributed by atoms with Gasteiger partial charge in [-0.15, -0.1) is 0 Å². The fraction of sp³-hybridized carbons (Fsp3) is 0.364. The number of ether oxygens (including phenoxy) is 1. The normalized spacial score (nSPS) is 12.2. The highest BCUT2D eigenvalue weighted by Crippen LogP contribution is 2.13. The Morgan fingerprint density at radius 2 is 2.35 bits per heavy atom. The molecular formula is C11H13FINO3. The molecule has 0 aliphatic rings. The van der Waals surface area contributed by atoms with Gasteiger partial charge < -0.3 is 15.2 Å². The Balaban J connectivity index is 2.75. The maximum absolute atomic E-state index is 12.9. The minimum Gasteiger partial charge on any atom is -0.394 e. The summed E-state index contributed by atoms with van der Waals surface area (Å²) in [4.78, 5) is 11.8. The van der Waals surface area contributed by atoms with Crippen LogP contribution in [0.1, 0.15) is 10.4 Å². The molecule has 17 heavy (non-hydrogen) atoms. The molecule has 0 aliphatic carbocycles. The van der Waals surface area contributed by atoms with Gasteiger partial charge in [-0.2, -0.15) is 0 Å².